The maximum atomic E-state index is 12.9. The van der Waals surface area contributed by atoms with Gasteiger partial charge >= 0.3 is 0 Å². The number of carbonyl (C=O) groups is 1. The van der Waals surface area contributed by atoms with Gasteiger partial charge in [0.2, 0.25) is 0 Å². The standard InChI is InChI=1S/C18H14ClFN2O2/c19-13-8-12-2-1-7-21-17(12)15(9-13)18(24)22-10-16(23)11-3-5-14(20)6-4-11/h1-9,16,23H,10H2,(H,22,24). The van der Waals surface area contributed by atoms with Gasteiger partial charge in [-0.3, -0.25) is 9.78 Å². The highest BCUT2D eigenvalue weighted by atomic mass is 35.5. The number of halogens is 2. The molecule has 2 N–H and O–H groups in total. The molecule has 1 unspecified atom stereocenters. The van der Waals surface area contributed by atoms with E-state index in [1.54, 1.807) is 18.3 Å². The van der Waals surface area contributed by atoms with Crippen LogP contribution in [0.5, 0.6) is 0 Å². The van der Waals surface area contributed by atoms with Crippen molar-refractivity contribution in [1.29, 1.82) is 0 Å². The molecule has 0 radical (unpaired) electrons. The fourth-order valence-electron chi connectivity index (χ4n) is 2.42. The SMILES string of the molecule is O=C(NCC(O)c1ccc(F)cc1)c1cc(Cl)cc2cccnc12. The van der Waals surface area contributed by atoms with Crippen LogP contribution < -0.4 is 5.32 Å². The highest BCUT2D eigenvalue weighted by molar-refractivity contribution is 6.32. The minimum Gasteiger partial charge on any atom is -0.387 e. The predicted octanol–water partition coefficient (Wildman–Crippen LogP) is 3.49. The largest absolute Gasteiger partial charge is 0.387 e. The Labute approximate surface area is 142 Å². The Morgan fingerprint density at radius 3 is 2.75 bits per heavy atom. The van der Waals surface area contributed by atoms with E-state index in [9.17, 15) is 14.3 Å². The third-order valence-electron chi connectivity index (χ3n) is 3.63. The minimum atomic E-state index is -0.937. The molecule has 122 valence electrons. The normalized spacial score (nSPS) is 12.1. The van der Waals surface area contributed by atoms with Crippen LogP contribution in [0, 0.1) is 5.82 Å². The van der Waals surface area contributed by atoms with E-state index in [2.05, 4.69) is 10.3 Å². The number of carbonyl (C=O) groups excluding carboxylic acids is 1. The fraction of sp³-hybridized carbons (Fsp3) is 0.111. The predicted molar refractivity (Wildman–Crippen MR) is 90.4 cm³/mol. The molecular formula is C18H14ClFN2O2. The van der Waals surface area contributed by atoms with Crippen molar-refractivity contribution in [1.82, 2.24) is 10.3 Å². The summed E-state index contributed by atoms with van der Waals surface area (Å²) < 4.78 is 12.9. The van der Waals surface area contributed by atoms with Gasteiger partial charge in [0.05, 0.1) is 17.2 Å². The number of nitrogens with zero attached hydrogens (tertiary/aromatic N) is 1. The number of rotatable bonds is 4. The van der Waals surface area contributed by atoms with Crippen LogP contribution in [0.3, 0.4) is 0 Å². The van der Waals surface area contributed by atoms with Gasteiger partial charge in [0, 0.05) is 23.2 Å². The summed E-state index contributed by atoms with van der Waals surface area (Å²) in [6.07, 6.45) is 0.661. The molecule has 0 aliphatic rings. The van der Waals surface area contributed by atoms with Gasteiger partial charge in [-0.15, -0.1) is 0 Å². The molecule has 1 aromatic heterocycles. The molecule has 4 nitrogen and oxygen atoms in total. The van der Waals surface area contributed by atoms with Gasteiger partial charge in [-0.2, -0.15) is 0 Å². The van der Waals surface area contributed by atoms with Gasteiger partial charge in [0.25, 0.3) is 5.91 Å². The van der Waals surface area contributed by atoms with Crippen LogP contribution in [0.1, 0.15) is 22.0 Å². The number of pyridine rings is 1. The van der Waals surface area contributed by atoms with Crippen LogP contribution in [0.2, 0.25) is 5.02 Å². The molecule has 0 fully saturated rings. The smallest absolute Gasteiger partial charge is 0.253 e. The Hall–Kier alpha value is -2.50. The summed E-state index contributed by atoms with van der Waals surface area (Å²) >= 11 is 6.05. The van der Waals surface area contributed by atoms with Crippen molar-refractivity contribution in [3.8, 4) is 0 Å². The van der Waals surface area contributed by atoms with Crippen LogP contribution in [-0.4, -0.2) is 22.5 Å². The second-order valence-corrected chi connectivity index (χ2v) is 5.74. The molecule has 0 spiro atoms. The Kier molecular flexibility index (Phi) is 4.74. The molecular weight excluding hydrogens is 331 g/mol. The summed E-state index contributed by atoms with van der Waals surface area (Å²) in [6, 6.07) is 12.3. The molecule has 24 heavy (non-hydrogen) atoms. The maximum Gasteiger partial charge on any atom is 0.253 e. The zero-order valence-corrected chi connectivity index (χ0v) is 13.3. The first kappa shape index (κ1) is 16.4. The summed E-state index contributed by atoms with van der Waals surface area (Å²) in [5, 5.41) is 13.9. The number of aromatic nitrogens is 1. The van der Waals surface area contributed by atoms with Crippen molar-refractivity contribution in [2.45, 2.75) is 6.10 Å². The zero-order valence-electron chi connectivity index (χ0n) is 12.5. The Morgan fingerprint density at radius 2 is 2.00 bits per heavy atom. The monoisotopic (exact) mass is 344 g/mol. The molecule has 1 heterocycles. The number of nitrogens with one attached hydrogen (secondary N) is 1. The number of benzene rings is 2. The number of hydrogen-bond donors (Lipinski definition) is 2. The van der Waals surface area contributed by atoms with Gasteiger partial charge in [-0.25, -0.2) is 4.39 Å². The van der Waals surface area contributed by atoms with E-state index in [0.29, 0.717) is 21.7 Å². The van der Waals surface area contributed by atoms with Crippen molar-refractivity contribution in [3.05, 3.63) is 76.7 Å². The highest BCUT2D eigenvalue weighted by Crippen LogP contribution is 2.22. The van der Waals surface area contributed by atoms with Crippen LogP contribution in [-0.2, 0) is 0 Å². The second-order valence-electron chi connectivity index (χ2n) is 5.31. The van der Waals surface area contributed by atoms with Gasteiger partial charge in [0.15, 0.2) is 0 Å². The summed E-state index contributed by atoms with van der Waals surface area (Å²) in [7, 11) is 0. The summed E-state index contributed by atoms with van der Waals surface area (Å²) in [5.41, 5.74) is 1.39. The van der Waals surface area contributed by atoms with Crippen LogP contribution in [0.4, 0.5) is 4.39 Å². The maximum absolute atomic E-state index is 12.9. The van der Waals surface area contributed by atoms with E-state index in [0.717, 1.165) is 5.39 Å². The summed E-state index contributed by atoms with van der Waals surface area (Å²) in [4.78, 5) is 16.6. The molecule has 3 rings (SSSR count). The lowest BCUT2D eigenvalue weighted by Crippen LogP contribution is -2.28. The van der Waals surface area contributed by atoms with E-state index >= 15 is 0 Å². The lowest BCUT2D eigenvalue weighted by atomic mass is 10.1. The van der Waals surface area contributed by atoms with Crippen molar-refractivity contribution in [3.63, 3.8) is 0 Å². The molecule has 0 aliphatic heterocycles. The number of aliphatic hydroxyl groups excluding tert-OH is 1. The van der Waals surface area contributed by atoms with Gasteiger partial charge in [-0.1, -0.05) is 29.8 Å². The summed E-state index contributed by atoms with van der Waals surface area (Å²) in [5.74, 6) is -0.770. The van der Waals surface area contributed by atoms with E-state index in [4.69, 9.17) is 11.6 Å². The van der Waals surface area contributed by atoms with Crippen molar-refractivity contribution >= 4 is 28.4 Å². The van der Waals surface area contributed by atoms with Crippen molar-refractivity contribution < 1.29 is 14.3 Å². The van der Waals surface area contributed by atoms with E-state index in [1.807, 2.05) is 6.07 Å². The molecule has 0 aliphatic carbocycles. The van der Waals surface area contributed by atoms with E-state index in [-0.39, 0.29) is 18.3 Å². The first-order valence-electron chi connectivity index (χ1n) is 7.30. The number of fused-ring (bicyclic) bond motifs is 1. The third-order valence-corrected chi connectivity index (χ3v) is 3.84. The molecule has 0 saturated carbocycles. The Bertz CT molecular complexity index is 884. The van der Waals surface area contributed by atoms with Gasteiger partial charge in [0.1, 0.15) is 5.82 Å². The Balaban J connectivity index is 1.77. The van der Waals surface area contributed by atoms with Gasteiger partial charge in [-0.05, 0) is 35.9 Å². The molecule has 0 saturated heterocycles. The quantitative estimate of drug-likeness (QED) is 0.761. The van der Waals surface area contributed by atoms with Crippen LogP contribution >= 0.6 is 11.6 Å². The van der Waals surface area contributed by atoms with Crippen LogP contribution in [0.15, 0.2) is 54.7 Å². The zero-order chi connectivity index (χ0) is 17.1. The number of hydrogen-bond acceptors (Lipinski definition) is 3. The first-order valence-corrected chi connectivity index (χ1v) is 7.68. The summed E-state index contributed by atoms with van der Waals surface area (Å²) in [6.45, 7) is -0.00863. The topological polar surface area (TPSA) is 62.2 Å². The average Bonchev–Trinajstić information content (AvgIpc) is 2.59. The lowest BCUT2D eigenvalue weighted by Gasteiger charge is -2.13. The fourth-order valence-corrected chi connectivity index (χ4v) is 2.64. The number of aliphatic hydroxyl groups is 1. The molecule has 0 bridgehead atoms. The van der Waals surface area contributed by atoms with Gasteiger partial charge < -0.3 is 10.4 Å². The lowest BCUT2D eigenvalue weighted by molar-refractivity contribution is 0.0917. The van der Waals surface area contributed by atoms with E-state index < -0.39 is 6.10 Å². The third kappa shape index (κ3) is 3.53. The molecule has 2 aromatic carbocycles. The molecule has 6 heteroatoms. The highest BCUT2D eigenvalue weighted by Gasteiger charge is 2.15. The Morgan fingerprint density at radius 1 is 1.25 bits per heavy atom. The van der Waals surface area contributed by atoms with Crippen molar-refractivity contribution in [2.75, 3.05) is 6.54 Å². The average molecular weight is 345 g/mol. The van der Waals surface area contributed by atoms with E-state index in [1.165, 1.54) is 30.3 Å². The van der Waals surface area contributed by atoms with Crippen molar-refractivity contribution in [2.24, 2.45) is 0 Å². The first-order chi connectivity index (χ1) is 11.5. The molecule has 3 aromatic rings. The minimum absolute atomic E-state index is 0.00863. The molecule has 1 amide bonds. The number of amides is 1. The second kappa shape index (κ2) is 6.95. The van der Waals surface area contributed by atoms with Crippen LogP contribution in [0.25, 0.3) is 10.9 Å². The molecule has 1 atom stereocenters.